The fourth-order valence-corrected chi connectivity index (χ4v) is 4.35. The van der Waals surface area contributed by atoms with Crippen molar-refractivity contribution in [3.05, 3.63) is 76.6 Å². The number of carbonyl (C=O) groups excluding carboxylic acids is 3. The number of hydrogen-bond donors (Lipinski definition) is 1. The van der Waals surface area contributed by atoms with Crippen molar-refractivity contribution in [1.82, 2.24) is 19.7 Å². The quantitative estimate of drug-likeness (QED) is 0.450. The van der Waals surface area contributed by atoms with E-state index < -0.39 is 11.9 Å². The van der Waals surface area contributed by atoms with Gasteiger partial charge in [-0.3, -0.25) is 14.5 Å². The van der Waals surface area contributed by atoms with Crippen LogP contribution in [0.2, 0.25) is 5.02 Å². The molecule has 2 fully saturated rings. The summed E-state index contributed by atoms with van der Waals surface area (Å²) in [6.45, 7) is 2.59. The lowest BCUT2D eigenvalue weighted by Gasteiger charge is -2.27. The van der Waals surface area contributed by atoms with Crippen LogP contribution in [0.3, 0.4) is 0 Å². The van der Waals surface area contributed by atoms with E-state index in [9.17, 15) is 14.4 Å². The molecule has 3 aromatic rings. The smallest absolute Gasteiger partial charge is 0.329 e. The summed E-state index contributed by atoms with van der Waals surface area (Å²) >= 11 is 5.92. The van der Waals surface area contributed by atoms with E-state index in [-0.39, 0.29) is 24.7 Å². The summed E-state index contributed by atoms with van der Waals surface area (Å²) < 4.78 is 7.22. The van der Waals surface area contributed by atoms with Crippen LogP contribution in [-0.4, -0.2) is 58.5 Å². The molecule has 2 aromatic carbocycles. The first-order valence-electron chi connectivity index (χ1n) is 11.0. The first kappa shape index (κ1) is 22.2. The molecule has 9 heteroatoms. The second kappa shape index (κ2) is 9.32. The molecule has 4 amide bonds. The highest BCUT2D eigenvalue weighted by Gasteiger charge is 2.33. The van der Waals surface area contributed by atoms with E-state index >= 15 is 0 Å². The van der Waals surface area contributed by atoms with E-state index in [2.05, 4.69) is 5.32 Å². The molecular weight excluding hydrogens is 456 g/mol. The van der Waals surface area contributed by atoms with Crippen LogP contribution in [0.15, 0.2) is 60.4 Å². The number of amides is 4. The number of fused-ring (bicyclic) bond motifs is 1. The molecule has 0 spiro atoms. The molecule has 2 saturated heterocycles. The lowest BCUT2D eigenvalue weighted by molar-refractivity contribution is -0.135. The van der Waals surface area contributed by atoms with Crippen LogP contribution in [0.4, 0.5) is 4.79 Å². The van der Waals surface area contributed by atoms with Crippen molar-refractivity contribution in [3.8, 4) is 0 Å². The van der Waals surface area contributed by atoms with Gasteiger partial charge in [0.15, 0.2) is 0 Å². The van der Waals surface area contributed by atoms with Gasteiger partial charge in [-0.2, -0.15) is 0 Å². The normalized spacial score (nSPS) is 17.6. The highest BCUT2D eigenvalue weighted by Crippen LogP contribution is 2.25. The number of nitrogens with zero attached hydrogens (tertiary/aromatic N) is 3. The average molecular weight is 479 g/mol. The molecule has 0 atom stereocenters. The first-order chi connectivity index (χ1) is 16.5. The van der Waals surface area contributed by atoms with Crippen molar-refractivity contribution in [2.75, 3.05) is 26.3 Å². The average Bonchev–Trinajstić information content (AvgIpc) is 3.33. The maximum atomic E-state index is 13.0. The Morgan fingerprint density at radius 1 is 1.06 bits per heavy atom. The molecule has 5 rings (SSSR count). The summed E-state index contributed by atoms with van der Waals surface area (Å²) in [4.78, 5) is 41.3. The molecule has 0 unspecified atom stereocenters. The van der Waals surface area contributed by atoms with Gasteiger partial charge in [0.2, 0.25) is 5.91 Å². The van der Waals surface area contributed by atoms with Gasteiger partial charge in [-0.05, 0) is 29.8 Å². The molecule has 1 N–H and O–H groups in total. The summed E-state index contributed by atoms with van der Waals surface area (Å²) in [5.74, 6) is -0.385. The summed E-state index contributed by atoms with van der Waals surface area (Å²) in [6.07, 6.45) is 3.51. The van der Waals surface area contributed by atoms with Crippen molar-refractivity contribution >= 4 is 46.4 Å². The van der Waals surface area contributed by atoms with Crippen LogP contribution in [0, 0.1) is 0 Å². The third-order valence-corrected chi connectivity index (χ3v) is 6.26. The first-order valence-corrected chi connectivity index (χ1v) is 11.4. The molecule has 0 bridgehead atoms. The van der Waals surface area contributed by atoms with Crippen LogP contribution < -0.4 is 5.32 Å². The van der Waals surface area contributed by atoms with Crippen LogP contribution in [0.5, 0.6) is 0 Å². The summed E-state index contributed by atoms with van der Waals surface area (Å²) in [5.41, 5.74) is 2.63. The zero-order chi connectivity index (χ0) is 23.7. The Labute approximate surface area is 201 Å². The number of halogens is 1. The minimum Gasteiger partial charge on any atom is -0.378 e. The largest absolute Gasteiger partial charge is 0.378 e. The SMILES string of the molecule is O=C(Cn1cc(/C=C2\NC(=O)N(Cc3ccc(Cl)cc3)C2=O)c2ccccc21)N1CCOCC1. The highest BCUT2D eigenvalue weighted by atomic mass is 35.5. The summed E-state index contributed by atoms with van der Waals surface area (Å²) in [5, 5.41) is 4.15. The zero-order valence-electron chi connectivity index (χ0n) is 18.4. The summed E-state index contributed by atoms with van der Waals surface area (Å²) in [7, 11) is 0. The number of nitrogens with one attached hydrogen (secondary N) is 1. The predicted octanol–water partition coefficient (Wildman–Crippen LogP) is 3.25. The standard InChI is InChI=1S/C25H23ClN4O4/c26-19-7-5-17(6-8-19)14-30-24(32)21(27-25(30)33)13-18-15-29(22-4-2-1-3-20(18)22)16-23(31)28-9-11-34-12-10-28/h1-8,13,15H,9-12,14,16H2,(H,27,33)/b21-13-. The molecule has 2 aliphatic rings. The molecule has 34 heavy (non-hydrogen) atoms. The van der Waals surface area contributed by atoms with E-state index in [0.29, 0.717) is 31.3 Å². The van der Waals surface area contributed by atoms with Crippen molar-refractivity contribution in [2.24, 2.45) is 0 Å². The molecule has 8 nitrogen and oxygen atoms in total. The Bertz CT molecular complexity index is 1290. The molecular formula is C25H23ClN4O4. The maximum absolute atomic E-state index is 13.0. The lowest BCUT2D eigenvalue weighted by atomic mass is 10.1. The molecule has 0 saturated carbocycles. The number of benzene rings is 2. The number of carbonyl (C=O) groups is 3. The van der Waals surface area contributed by atoms with Gasteiger partial charge in [0, 0.05) is 40.8 Å². The van der Waals surface area contributed by atoms with Crippen LogP contribution in [-0.2, 0) is 27.4 Å². The molecule has 0 radical (unpaired) electrons. The van der Waals surface area contributed by atoms with Gasteiger partial charge in [-0.1, -0.05) is 41.9 Å². The van der Waals surface area contributed by atoms with E-state index in [1.54, 1.807) is 35.2 Å². The van der Waals surface area contributed by atoms with Crippen LogP contribution in [0.25, 0.3) is 17.0 Å². The van der Waals surface area contributed by atoms with Gasteiger partial charge >= 0.3 is 6.03 Å². The molecule has 2 aliphatic heterocycles. The Balaban J connectivity index is 1.40. The van der Waals surface area contributed by atoms with Gasteiger partial charge in [-0.15, -0.1) is 0 Å². The lowest BCUT2D eigenvalue weighted by Crippen LogP contribution is -2.42. The topological polar surface area (TPSA) is 83.9 Å². The van der Waals surface area contributed by atoms with Gasteiger partial charge in [-0.25, -0.2) is 4.79 Å². The Hall–Kier alpha value is -3.62. The number of morpholine rings is 1. The minimum absolute atomic E-state index is 0.0163. The third-order valence-electron chi connectivity index (χ3n) is 6.00. The summed E-state index contributed by atoms with van der Waals surface area (Å²) in [6, 6.07) is 14.2. The predicted molar refractivity (Wildman–Crippen MR) is 128 cm³/mol. The van der Waals surface area contributed by atoms with Crippen molar-refractivity contribution < 1.29 is 19.1 Å². The monoisotopic (exact) mass is 478 g/mol. The Kier molecular flexibility index (Phi) is 6.08. The van der Waals surface area contributed by atoms with E-state index in [1.165, 1.54) is 0 Å². The number of rotatable bonds is 5. The number of ether oxygens (including phenoxy) is 1. The van der Waals surface area contributed by atoms with Gasteiger partial charge in [0.25, 0.3) is 5.91 Å². The Morgan fingerprint density at radius 2 is 1.79 bits per heavy atom. The number of urea groups is 1. The number of hydrogen-bond acceptors (Lipinski definition) is 4. The van der Waals surface area contributed by atoms with E-state index in [1.807, 2.05) is 35.0 Å². The van der Waals surface area contributed by atoms with Crippen molar-refractivity contribution in [1.29, 1.82) is 0 Å². The van der Waals surface area contributed by atoms with Gasteiger partial charge in [0.1, 0.15) is 12.2 Å². The second-order valence-corrected chi connectivity index (χ2v) is 8.67. The van der Waals surface area contributed by atoms with Crippen LogP contribution >= 0.6 is 11.6 Å². The van der Waals surface area contributed by atoms with Crippen molar-refractivity contribution in [2.45, 2.75) is 13.1 Å². The van der Waals surface area contributed by atoms with Gasteiger partial charge < -0.3 is 19.5 Å². The van der Waals surface area contributed by atoms with Gasteiger partial charge in [0.05, 0.1) is 19.8 Å². The highest BCUT2D eigenvalue weighted by molar-refractivity contribution is 6.30. The van der Waals surface area contributed by atoms with Crippen LogP contribution in [0.1, 0.15) is 11.1 Å². The Morgan fingerprint density at radius 3 is 2.56 bits per heavy atom. The van der Waals surface area contributed by atoms with Crippen molar-refractivity contribution in [3.63, 3.8) is 0 Å². The molecule has 0 aliphatic carbocycles. The molecule has 1 aromatic heterocycles. The molecule has 174 valence electrons. The fraction of sp³-hybridized carbons (Fsp3) is 0.240. The molecule has 3 heterocycles. The number of imide groups is 1. The van der Waals surface area contributed by atoms with E-state index in [0.717, 1.165) is 26.9 Å². The minimum atomic E-state index is -0.475. The second-order valence-electron chi connectivity index (χ2n) is 8.23. The zero-order valence-corrected chi connectivity index (χ0v) is 19.1. The maximum Gasteiger partial charge on any atom is 0.329 e. The number of para-hydroxylation sites is 1. The fourth-order valence-electron chi connectivity index (χ4n) is 4.22. The third kappa shape index (κ3) is 4.42. The number of aromatic nitrogens is 1. The van der Waals surface area contributed by atoms with E-state index in [4.69, 9.17) is 16.3 Å².